The quantitative estimate of drug-likeness (QED) is 0.566. The normalized spacial score (nSPS) is 14.2. The Balaban J connectivity index is 1.61. The van der Waals surface area contributed by atoms with Gasteiger partial charge in [0.15, 0.2) is 0 Å². The summed E-state index contributed by atoms with van der Waals surface area (Å²) in [5.74, 6) is 0.0164. The molecule has 2 heterocycles. The van der Waals surface area contributed by atoms with Crippen LogP contribution in [0.25, 0.3) is 10.2 Å². The number of nitrogens with zero attached hydrogens (tertiary/aromatic N) is 2. The maximum Gasteiger partial charge on any atom is 0.261 e. The topological polar surface area (TPSA) is 70.1 Å². The Bertz CT molecular complexity index is 975. The van der Waals surface area contributed by atoms with Crippen molar-refractivity contribution in [3.8, 4) is 0 Å². The Morgan fingerprint density at radius 2 is 2.04 bits per heavy atom. The predicted molar refractivity (Wildman–Crippen MR) is 94.5 cm³/mol. The van der Waals surface area contributed by atoms with Gasteiger partial charge in [-0.15, -0.1) is 11.3 Å². The van der Waals surface area contributed by atoms with Gasteiger partial charge in [-0.3, -0.25) is 9.78 Å². The molecule has 1 aromatic carbocycles. The molecule has 1 aliphatic rings. The minimum absolute atomic E-state index is 0.126. The van der Waals surface area contributed by atoms with Gasteiger partial charge in [0.2, 0.25) is 5.95 Å². The van der Waals surface area contributed by atoms with Gasteiger partial charge in [-0.25, -0.2) is 14.8 Å². The highest BCUT2D eigenvalue weighted by atomic mass is 32.1. The summed E-state index contributed by atoms with van der Waals surface area (Å²) in [6.07, 6.45) is 5.82. The Morgan fingerprint density at radius 1 is 1.25 bits per heavy atom. The van der Waals surface area contributed by atoms with Crippen LogP contribution in [0.5, 0.6) is 0 Å². The molecule has 2 aromatic heterocycles. The second-order valence-corrected chi connectivity index (χ2v) is 6.81. The van der Waals surface area contributed by atoms with Crippen LogP contribution in [0.15, 0.2) is 34.2 Å². The van der Waals surface area contributed by atoms with Gasteiger partial charge < -0.3 is 0 Å². The molecule has 0 bridgehead atoms. The molecule has 0 amide bonds. The van der Waals surface area contributed by atoms with Crippen molar-refractivity contribution in [2.45, 2.75) is 25.7 Å². The van der Waals surface area contributed by atoms with Crippen LogP contribution in [0.3, 0.4) is 0 Å². The molecule has 2 N–H and O–H groups in total. The van der Waals surface area contributed by atoms with E-state index >= 15 is 0 Å². The molecule has 122 valence electrons. The molecule has 1 aliphatic carbocycles. The average molecular weight is 342 g/mol. The first-order valence-electron chi connectivity index (χ1n) is 7.80. The van der Waals surface area contributed by atoms with E-state index in [2.05, 4.69) is 20.5 Å². The van der Waals surface area contributed by atoms with E-state index in [1.54, 1.807) is 29.7 Å². The lowest BCUT2D eigenvalue weighted by Crippen LogP contribution is -2.12. The lowest BCUT2D eigenvalue weighted by Gasteiger charge is -2.09. The fraction of sp³-hybridized carbons (Fsp3) is 0.235. The van der Waals surface area contributed by atoms with Crippen LogP contribution in [-0.2, 0) is 12.8 Å². The first-order chi connectivity index (χ1) is 11.7. The predicted octanol–water partition coefficient (Wildman–Crippen LogP) is 3.45. The number of thiophene rings is 1. The lowest BCUT2D eigenvalue weighted by atomic mass is 9.97. The molecule has 5 nitrogen and oxygen atoms in total. The standard InChI is InChI=1S/C17H15FN4OS/c18-11-7-5-10(6-8-11)9-19-22-17-20-15(23)14-12-3-1-2-4-13(12)24-16(14)21-17/h5-9H,1-4H2,(H2,20,21,22,23)/b19-9+. The number of halogens is 1. The van der Waals surface area contributed by atoms with Crippen molar-refractivity contribution in [2.75, 3.05) is 5.43 Å². The first kappa shape index (κ1) is 15.0. The van der Waals surface area contributed by atoms with Crippen LogP contribution in [-0.4, -0.2) is 16.2 Å². The third-order valence-electron chi connectivity index (χ3n) is 4.08. The Kier molecular flexibility index (Phi) is 3.86. The highest BCUT2D eigenvalue weighted by Crippen LogP contribution is 2.33. The molecule has 4 rings (SSSR count). The van der Waals surface area contributed by atoms with E-state index in [-0.39, 0.29) is 11.4 Å². The van der Waals surface area contributed by atoms with Crippen LogP contribution >= 0.6 is 11.3 Å². The maximum atomic E-state index is 12.9. The van der Waals surface area contributed by atoms with E-state index in [1.165, 1.54) is 23.4 Å². The van der Waals surface area contributed by atoms with Gasteiger partial charge in [-0.2, -0.15) is 5.10 Å². The van der Waals surface area contributed by atoms with Crippen LogP contribution in [0.2, 0.25) is 0 Å². The minimum Gasteiger partial charge on any atom is -0.291 e. The molecule has 7 heteroatoms. The Labute approximate surface area is 141 Å². The number of anilines is 1. The van der Waals surface area contributed by atoms with E-state index in [9.17, 15) is 9.18 Å². The van der Waals surface area contributed by atoms with Crippen LogP contribution < -0.4 is 11.0 Å². The molecule has 0 saturated heterocycles. The van der Waals surface area contributed by atoms with E-state index in [0.717, 1.165) is 40.6 Å². The Hall–Kier alpha value is -2.54. The van der Waals surface area contributed by atoms with Gasteiger partial charge in [-0.05, 0) is 48.9 Å². The zero-order chi connectivity index (χ0) is 16.5. The van der Waals surface area contributed by atoms with Gasteiger partial charge in [0.1, 0.15) is 10.6 Å². The number of hydrogen-bond acceptors (Lipinski definition) is 5. The van der Waals surface area contributed by atoms with Crippen molar-refractivity contribution in [2.24, 2.45) is 5.10 Å². The summed E-state index contributed by atoms with van der Waals surface area (Å²) in [6.45, 7) is 0. The number of rotatable bonds is 3. The summed E-state index contributed by atoms with van der Waals surface area (Å²) in [5.41, 5.74) is 4.52. The van der Waals surface area contributed by atoms with Crippen molar-refractivity contribution < 1.29 is 4.39 Å². The molecule has 24 heavy (non-hydrogen) atoms. The minimum atomic E-state index is -0.293. The van der Waals surface area contributed by atoms with E-state index in [4.69, 9.17) is 0 Å². The van der Waals surface area contributed by atoms with E-state index < -0.39 is 0 Å². The van der Waals surface area contributed by atoms with Gasteiger partial charge in [0.25, 0.3) is 5.56 Å². The molecule has 0 spiro atoms. The van der Waals surface area contributed by atoms with E-state index in [0.29, 0.717) is 5.95 Å². The molecule has 0 radical (unpaired) electrons. The lowest BCUT2D eigenvalue weighted by molar-refractivity contribution is 0.628. The van der Waals surface area contributed by atoms with Crippen LogP contribution in [0.4, 0.5) is 10.3 Å². The molecule has 0 saturated carbocycles. The number of aromatic amines is 1. The van der Waals surface area contributed by atoms with Gasteiger partial charge in [0.05, 0.1) is 11.6 Å². The van der Waals surface area contributed by atoms with Crippen LogP contribution in [0, 0.1) is 5.82 Å². The summed E-state index contributed by atoms with van der Waals surface area (Å²) in [5, 5.41) is 4.77. The third kappa shape index (κ3) is 2.82. The number of aryl methyl sites for hydroxylation is 2. The SMILES string of the molecule is O=c1[nH]c(N/N=C/c2ccc(F)cc2)nc2sc3c(c12)CCCC3. The summed E-state index contributed by atoms with van der Waals surface area (Å²) >= 11 is 1.59. The number of hydrogen-bond donors (Lipinski definition) is 2. The second-order valence-electron chi connectivity index (χ2n) is 5.73. The maximum absolute atomic E-state index is 12.9. The summed E-state index contributed by atoms with van der Waals surface area (Å²) in [7, 11) is 0. The highest BCUT2D eigenvalue weighted by molar-refractivity contribution is 7.18. The van der Waals surface area contributed by atoms with Gasteiger partial charge in [-0.1, -0.05) is 12.1 Å². The average Bonchev–Trinajstić information content (AvgIpc) is 2.95. The fourth-order valence-corrected chi connectivity index (χ4v) is 4.20. The smallest absolute Gasteiger partial charge is 0.261 e. The Morgan fingerprint density at radius 3 is 2.88 bits per heavy atom. The summed E-state index contributed by atoms with van der Waals surface area (Å²) in [4.78, 5) is 21.6. The van der Waals surface area contributed by atoms with Gasteiger partial charge in [0, 0.05) is 4.88 Å². The third-order valence-corrected chi connectivity index (χ3v) is 5.26. The zero-order valence-corrected chi connectivity index (χ0v) is 13.6. The highest BCUT2D eigenvalue weighted by Gasteiger charge is 2.19. The molecule has 0 fully saturated rings. The number of H-pyrrole nitrogens is 1. The number of hydrazone groups is 1. The molecule has 3 aromatic rings. The van der Waals surface area contributed by atoms with Crippen molar-refractivity contribution in [1.29, 1.82) is 0 Å². The zero-order valence-electron chi connectivity index (χ0n) is 12.8. The second kappa shape index (κ2) is 6.16. The number of fused-ring (bicyclic) bond motifs is 3. The summed E-state index contributed by atoms with van der Waals surface area (Å²) < 4.78 is 12.9. The fourth-order valence-electron chi connectivity index (χ4n) is 2.93. The molecular formula is C17H15FN4OS. The first-order valence-corrected chi connectivity index (χ1v) is 8.61. The number of nitrogens with one attached hydrogen (secondary N) is 2. The van der Waals surface area contributed by atoms with Crippen molar-refractivity contribution >= 4 is 33.7 Å². The molecule has 0 unspecified atom stereocenters. The van der Waals surface area contributed by atoms with Crippen molar-refractivity contribution in [3.05, 3.63) is 56.4 Å². The largest absolute Gasteiger partial charge is 0.291 e. The van der Waals surface area contributed by atoms with Crippen molar-refractivity contribution in [3.63, 3.8) is 0 Å². The molecule has 0 aliphatic heterocycles. The van der Waals surface area contributed by atoms with Gasteiger partial charge >= 0.3 is 0 Å². The van der Waals surface area contributed by atoms with Crippen molar-refractivity contribution in [1.82, 2.24) is 9.97 Å². The number of benzene rings is 1. The molecular weight excluding hydrogens is 327 g/mol. The van der Waals surface area contributed by atoms with Crippen LogP contribution in [0.1, 0.15) is 28.8 Å². The number of aromatic nitrogens is 2. The summed E-state index contributed by atoms with van der Waals surface area (Å²) in [6, 6.07) is 5.97. The monoisotopic (exact) mass is 342 g/mol. The van der Waals surface area contributed by atoms with E-state index in [1.807, 2.05) is 0 Å². The molecule has 0 atom stereocenters.